The first-order valence-electron chi connectivity index (χ1n) is 7.57. The molecule has 0 unspecified atom stereocenters. The van der Waals surface area contributed by atoms with Crippen molar-refractivity contribution in [2.24, 2.45) is 0 Å². The van der Waals surface area contributed by atoms with E-state index < -0.39 is 0 Å². The number of Topliss-reactive ketones (excluding diaryl/α,β-unsaturated/α-hetero) is 1. The molecular formula is C19H22O2. The first kappa shape index (κ1) is 15.3. The van der Waals surface area contributed by atoms with Crippen LogP contribution in [0.25, 0.3) is 0 Å². The minimum absolute atomic E-state index is 0.229. The third kappa shape index (κ3) is 4.45. The Balaban J connectivity index is 2.05. The number of rotatable bonds is 7. The van der Waals surface area contributed by atoms with E-state index in [0.717, 1.165) is 41.9 Å². The summed E-state index contributed by atoms with van der Waals surface area (Å²) in [6.07, 6.45) is 3.85. The summed E-state index contributed by atoms with van der Waals surface area (Å²) >= 11 is 0. The Kier molecular flexibility index (Phi) is 5.56. The predicted octanol–water partition coefficient (Wildman–Crippen LogP) is 5.55. The monoisotopic (exact) mass is 282 g/mol. The van der Waals surface area contributed by atoms with Gasteiger partial charge in [-0.2, -0.15) is 0 Å². The summed E-state index contributed by atoms with van der Waals surface area (Å²) in [5, 5.41) is 0. The van der Waals surface area contributed by atoms with Gasteiger partial charge in [-0.3, -0.25) is 4.79 Å². The molecule has 2 heteroatoms. The minimum Gasteiger partial charge on any atom is -0.457 e. The fourth-order valence-electron chi connectivity index (χ4n) is 2.31. The van der Waals surface area contributed by atoms with E-state index in [-0.39, 0.29) is 5.78 Å². The number of benzene rings is 2. The topological polar surface area (TPSA) is 26.3 Å². The van der Waals surface area contributed by atoms with Gasteiger partial charge in [0.05, 0.1) is 0 Å². The van der Waals surface area contributed by atoms with E-state index in [1.165, 1.54) is 0 Å². The van der Waals surface area contributed by atoms with Crippen molar-refractivity contribution in [3.05, 3.63) is 59.7 Å². The summed E-state index contributed by atoms with van der Waals surface area (Å²) in [6, 6.07) is 15.3. The fraction of sp³-hybridized carbons (Fsp3) is 0.316. The Morgan fingerprint density at radius 3 is 2.43 bits per heavy atom. The van der Waals surface area contributed by atoms with Gasteiger partial charge >= 0.3 is 0 Å². The van der Waals surface area contributed by atoms with Gasteiger partial charge < -0.3 is 4.74 Å². The number of ether oxygens (including phenoxy) is 1. The van der Waals surface area contributed by atoms with Crippen LogP contribution in [0.3, 0.4) is 0 Å². The molecule has 0 heterocycles. The van der Waals surface area contributed by atoms with Crippen LogP contribution >= 0.6 is 0 Å². The lowest BCUT2D eigenvalue weighted by atomic mass is 10.0. The number of ketones is 1. The van der Waals surface area contributed by atoms with Crippen molar-refractivity contribution in [2.75, 3.05) is 0 Å². The number of aryl methyl sites for hydroxylation is 1. The quantitative estimate of drug-likeness (QED) is 0.491. The van der Waals surface area contributed by atoms with Crippen LogP contribution in [-0.4, -0.2) is 5.78 Å². The lowest BCUT2D eigenvalue weighted by molar-refractivity contribution is 0.0978. The lowest BCUT2D eigenvalue weighted by Gasteiger charge is -2.09. The molecule has 0 aromatic heterocycles. The van der Waals surface area contributed by atoms with Crippen molar-refractivity contribution < 1.29 is 9.53 Å². The molecule has 2 rings (SSSR count). The number of carbonyl (C=O) groups is 1. The summed E-state index contributed by atoms with van der Waals surface area (Å²) in [6.45, 7) is 4.11. The average Bonchev–Trinajstić information content (AvgIpc) is 2.48. The first-order valence-corrected chi connectivity index (χ1v) is 7.57. The molecule has 0 radical (unpaired) electrons. The van der Waals surface area contributed by atoms with Crippen LogP contribution in [0.1, 0.15) is 48.5 Å². The van der Waals surface area contributed by atoms with Crippen molar-refractivity contribution >= 4 is 5.78 Å². The van der Waals surface area contributed by atoms with Gasteiger partial charge in [0.15, 0.2) is 5.78 Å². The molecule has 2 aromatic rings. The highest BCUT2D eigenvalue weighted by Crippen LogP contribution is 2.24. The molecule has 0 atom stereocenters. The normalized spacial score (nSPS) is 10.4. The van der Waals surface area contributed by atoms with Gasteiger partial charge in [0.1, 0.15) is 11.5 Å². The Bertz CT molecular complexity index is 588. The molecule has 0 spiro atoms. The highest BCUT2D eigenvalue weighted by Gasteiger charge is 2.10. The number of carbonyl (C=O) groups excluding carboxylic acids is 1. The van der Waals surface area contributed by atoms with Crippen LogP contribution in [-0.2, 0) is 0 Å². The maximum absolute atomic E-state index is 12.2. The number of hydrogen-bond acceptors (Lipinski definition) is 2. The molecule has 0 fully saturated rings. The largest absolute Gasteiger partial charge is 0.457 e. The lowest BCUT2D eigenvalue weighted by Crippen LogP contribution is -2.02. The van der Waals surface area contributed by atoms with Crippen molar-refractivity contribution in [3.63, 3.8) is 0 Å². The van der Waals surface area contributed by atoms with Gasteiger partial charge in [-0.15, -0.1) is 0 Å². The van der Waals surface area contributed by atoms with Crippen LogP contribution < -0.4 is 4.74 Å². The Hall–Kier alpha value is -2.09. The van der Waals surface area contributed by atoms with Crippen molar-refractivity contribution in [3.8, 4) is 11.5 Å². The SMILES string of the molecule is CCCCCC(=O)c1ccc(Oc2ccccc2)cc1C. The molecule has 0 aliphatic heterocycles. The van der Waals surface area contributed by atoms with E-state index in [4.69, 9.17) is 4.74 Å². The average molecular weight is 282 g/mol. The second-order valence-electron chi connectivity index (χ2n) is 5.27. The Morgan fingerprint density at radius 2 is 1.76 bits per heavy atom. The Morgan fingerprint density at radius 1 is 1.00 bits per heavy atom. The predicted molar refractivity (Wildman–Crippen MR) is 86.2 cm³/mol. The Labute approximate surface area is 126 Å². The zero-order valence-electron chi connectivity index (χ0n) is 12.8. The number of hydrogen-bond donors (Lipinski definition) is 0. The highest BCUT2D eigenvalue weighted by molar-refractivity contribution is 5.97. The summed E-state index contributed by atoms with van der Waals surface area (Å²) in [7, 11) is 0. The van der Waals surface area contributed by atoms with Crippen LogP contribution in [0, 0.1) is 6.92 Å². The van der Waals surface area contributed by atoms with Gasteiger partial charge in [0, 0.05) is 12.0 Å². The zero-order chi connectivity index (χ0) is 15.1. The summed E-state index contributed by atoms with van der Waals surface area (Å²) in [4.78, 5) is 12.2. The number of unbranched alkanes of at least 4 members (excludes halogenated alkanes) is 2. The summed E-state index contributed by atoms with van der Waals surface area (Å²) in [5.74, 6) is 1.80. The van der Waals surface area contributed by atoms with Gasteiger partial charge in [0.25, 0.3) is 0 Å². The zero-order valence-corrected chi connectivity index (χ0v) is 12.8. The molecule has 0 aliphatic carbocycles. The molecule has 0 saturated carbocycles. The van der Waals surface area contributed by atoms with Gasteiger partial charge in [0.2, 0.25) is 0 Å². The maximum atomic E-state index is 12.2. The first-order chi connectivity index (χ1) is 10.2. The minimum atomic E-state index is 0.229. The standard InChI is InChI=1S/C19H22O2/c1-3-4-6-11-19(20)18-13-12-17(14-15(18)2)21-16-9-7-5-8-10-16/h5,7-10,12-14H,3-4,6,11H2,1-2H3. The molecule has 0 amide bonds. The molecular weight excluding hydrogens is 260 g/mol. The summed E-state index contributed by atoms with van der Waals surface area (Å²) in [5.41, 5.74) is 1.79. The van der Waals surface area contributed by atoms with E-state index in [9.17, 15) is 4.79 Å². The van der Waals surface area contributed by atoms with E-state index in [2.05, 4.69) is 6.92 Å². The molecule has 21 heavy (non-hydrogen) atoms. The molecule has 110 valence electrons. The van der Waals surface area contributed by atoms with Gasteiger partial charge in [-0.05, 0) is 49.2 Å². The third-order valence-corrected chi connectivity index (χ3v) is 3.48. The van der Waals surface area contributed by atoms with Crippen LogP contribution in [0.2, 0.25) is 0 Å². The molecule has 0 bridgehead atoms. The molecule has 2 nitrogen and oxygen atoms in total. The van der Waals surface area contributed by atoms with Crippen molar-refractivity contribution in [1.82, 2.24) is 0 Å². The molecule has 2 aromatic carbocycles. The maximum Gasteiger partial charge on any atom is 0.163 e. The second-order valence-corrected chi connectivity index (χ2v) is 5.27. The van der Waals surface area contributed by atoms with E-state index in [1.54, 1.807) is 0 Å². The molecule has 0 N–H and O–H groups in total. The van der Waals surface area contributed by atoms with Crippen LogP contribution in [0.4, 0.5) is 0 Å². The highest BCUT2D eigenvalue weighted by atomic mass is 16.5. The van der Waals surface area contributed by atoms with Crippen molar-refractivity contribution in [2.45, 2.75) is 39.5 Å². The van der Waals surface area contributed by atoms with Gasteiger partial charge in [-0.25, -0.2) is 0 Å². The third-order valence-electron chi connectivity index (χ3n) is 3.48. The molecule has 0 aliphatic rings. The van der Waals surface area contributed by atoms with Crippen molar-refractivity contribution in [1.29, 1.82) is 0 Å². The van der Waals surface area contributed by atoms with Crippen LogP contribution in [0.15, 0.2) is 48.5 Å². The van der Waals surface area contributed by atoms with E-state index in [1.807, 2.05) is 55.5 Å². The van der Waals surface area contributed by atoms with E-state index in [0.29, 0.717) is 6.42 Å². The van der Waals surface area contributed by atoms with Crippen LogP contribution in [0.5, 0.6) is 11.5 Å². The fourth-order valence-corrected chi connectivity index (χ4v) is 2.31. The van der Waals surface area contributed by atoms with E-state index >= 15 is 0 Å². The van der Waals surface area contributed by atoms with Gasteiger partial charge in [-0.1, -0.05) is 38.0 Å². The summed E-state index contributed by atoms with van der Waals surface area (Å²) < 4.78 is 5.78. The second kappa shape index (κ2) is 7.63. The number of para-hydroxylation sites is 1. The molecule has 0 saturated heterocycles. The smallest absolute Gasteiger partial charge is 0.163 e.